The monoisotopic (exact) mass is 306 g/mol. The lowest BCUT2D eigenvalue weighted by Crippen LogP contribution is -2.36. The van der Waals surface area contributed by atoms with Gasteiger partial charge < -0.3 is 24.4 Å². The Balaban J connectivity index is 4.72. The summed E-state index contributed by atoms with van der Waals surface area (Å²) in [6, 6.07) is 0. The van der Waals surface area contributed by atoms with E-state index in [0.717, 1.165) is 0 Å². The second kappa shape index (κ2) is 9.70. The van der Waals surface area contributed by atoms with Crippen molar-refractivity contribution < 1.29 is 43.6 Å². The molecule has 2 unspecified atom stereocenters. The Labute approximate surface area is 120 Å². The Kier molecular flexibility index (Phi) is 8.70. The van der Waals surface area contributed by atoms with E-state index in [4.69, 9.17) is 5.11 Å². The van der Waals surface area contributed by atoms with Crippen LogP contribution in [0.4, 0.5) is 0 Å². The number of carbonyl (C=O) groups excluding carboxylic acids is 3. The average Bonchev–Trinajstić information content (AvgIpc) is 2.37. The normalized spacial score (nSPS) is 12.9. The number of aliphatic hydroxyl groups is 1. The largest absolute Gasteiger partial charge is 0.481 e. The van der Waals surface area contributed by atoms with Crippen molar-refractivity contribution in [1.82, 2.24) is 0 Å². The summed E-state index contributed by atoms with van der Waals surface area (Å²) in [6.45, 7) is 3.14. The average molecular weight is 306 g/mol. The first-order chi connectivity index (χ1) is 9.81. The Morgan fingerprint density at radius 2 is 1.52 bits per heavy atom. The maximum atomic E-state index is 11.6. The number of aliphatic carboxylic acids is 1. The summed E-state index contributed by atoms with van der Waals surface area (Å²) in [5, 5.41) is 17.7. The zero-order chi connectivity index (χ0) is 16.4. The maximum absolute atomic E-state index is 11.6. The molecule has 0 radical (unpaired) electrons. The van der Waals surface area contributed by atoms with Crippen LogP contribution in [0.25, 0.3) is 0 Å². The van der Waals surface area contributed by atoms with E-state index in [-0.39, 0.29) is 13.2 Å². The highest BCUT2D eigenvalue weighted by Gasteiger charge is 2.31. The number of aliphatic hydroxyl groups excluding tert-OH is 1. The van der Waals surface area contributed by atoms with E-state index in [1.807, 2.05) is 0 Å². The number of hydrogen-bond donors (Lipinski definition) is 2. The number of rotatable bonds is 9. The van der Waals surface area contributed by atoms with Gasteiger partial charge in [-0.2, -0.15) is 0 Å². The molecule has 0 amide bonds. The van der Waals surface area contributed by atoms with Gasteiger partial charge in [-0.1, -0.05) is 0 Å². The molecule has 0 spiro atoms. The molecule has 0 aliphatic carbocycles. The topological polar surface area (TPSA) is 136 Å². The van der Waals surface area contributed by atoms with Crippen LogP contribution in [0.2, 0.25) is 0 Å². The fourth-order valence-corrected chi connectivity index (χ4v) is 1.25. The summed E-state index contributed by atoms with van der Waals surface area (Å²) in [5.41, 5.74) is 0. The van der Waals surface area contributed by atoms with Gasteiger partial charge in [0.2, 0.25) is 6.10 Å². The van der Waals surface area contributed by atoms with Crippen molar-refractivity contribution in [2.45, 2.75) is 38.9 Å². The Bertz CT molecular complexity index is 390. The van der Waals surface area contributed by atoms with Crippen LogP contribution in [-0.2, 0) is 33.4 Å². The second-order valence-electron chi connectivity index (χ2n) is 3.80. The highest BCUT2D eigenvalue weighted by atomic mass is 16.6. The molecule has 0 heterocycles. The molecule has 0 aromatic rings. The van der Waals surface area contributed by atoms with Crippen molar-refractivity contribution in [3.8, 4) is 0 Å². The molecule has 0 aliphatic heterocycles. The van der Waals surface area contributed by atoms with Crippen LogP contribution in [0.1, 0.15) is 26.7 Å². The molecule has 0 aliphatic rings. The van der Waals surface area contributed by atoms with Gasteiger partial charge in [0.15, 0.2) is 6.10 Å². The quantitative estimate of drug-likeness (QED) is 0.416. The Hall–Kier alpha value is -2.16. The van der Waals surface area contributed by atoms with Gasteiger partial charge in [0.25, 0.3) is 0 Å². The zero-order valence-corrected chi connectivity index (χ0v) is 11.7. The minimum Gasteiger partial charge on any atom is -0.481 e. The van der Waals surface area contributed by atoms with Gasteiger partial charge in [0.1, 0.15) is 0 Å². The lowest BCUT2D eigenvalue weighted by Gasteiger charge is -2.17. The summed E-state index contributed by atoms with van der Waals surface area (Å²) >= 11 is 0. The predicted octanol–water partition coefficient (Wildman–Crippen LogP) is -0.750. The fraction of sp³-hybridized carbons (Fsp3) is 0.667. The van der Waals surface area contributed by atoms with Gasteiger partial charge in [0.05, 0.1) is 26.1 Å². The number of ether oxygens (including phenoxy) is 3. The molecule has 2 N–H and O–H groups in total. The minimum absolute atomic E-state index is 0.00656. The molecule has 0 bridgehead atoms. The van der Waals surface area contributed by atoms with E-state index in [1.165, 1.54) is 6.92 Å². The molecule has 0 aromatic carbocycles. The summed E-state index contributed by atoms with van der Waals surface area (Å²) in [5.74, 6) is -4.53. The number of carboxylic acid groups (broad SMARTS) is 1. The van der Waals surface area contributed by atoms with Crippen LogP contribution in [0.15, 0.2) is 0 Å². The molecule has 2 atom stereocenters. The van der Waals surface area contributed by atoms with Crippen molar-refractivity contribution in [3.63, 3.8) is 0 Å². The molecule has 0 aromatic heterocycles. The first-order valence-corrected chi connectivity index (χ1v) is 6.24. The van der Waals surface area contributed by atoms with Crippen LogP contribution < -0.4 is 0 Å². The van der Waals surface area contributed by atoms with Crippen LogP contribution in [0.3, 0.4) is 0 Å². The molecule has 0 rings (SSSR count). The Morgan fingerprint density at radius 3 is 2.00 bits per heavy atom. The highest BCUT2D eigenvalue weighted by Crippen LogP contribution is 2.07. The van der Waals surface area contributed by atoms with E-state index < -0.39 is 48.9 Å². The molecular formula is C12H18O9. The first kappa shape index (κ1) is 18.8. The third kappa shape index (κ3) is 7.88. The fourth-order valence-electron chi connectivity index (χ4n) is 1.25. The van der Waals surface area contributed by atoms with E-state index in [0.29, 0.717) is 0 Å². The lowest BCUT2D eigenvalue weighted by atomic mass is 10.2. The molecule has 0 saturated heterocycles. The number of hydrogen-bond acceptors (Lipinski definition) is 8. The van der Waals surface area contributed by atoms with Gasteiger partial charge in [-0.05, 0) is 13.8 Å². The molecule has 0 saturated carbocycles. The van der Waals surface area contributed by atoms with Crippen molar-refractivity contribution in [1.29, 1.82) is 0 Å². The molecular weight excluding hydrogens is 288 g/mol. The van der Waals surface area contributed by atoms with Crippen LogP contribution in [-0.4, -0.2) is 59.5 Å². The smallest absolute Gasteiger partial charge is 0.348 e. The maximum Gasteiger partial charge on any atom is 0.348 e. The molecule has 120 valence electrons. The summed E-state index contributed by atoms with van der Waals surface area (Å²) in [4.78, 5) is 44.7. The SMILES string of the molecule is CCOC(=O)CC(OC(=O)C(O)CC(=O)O)C(=O)OCC. The molecule has 9 heteroatoms. The van der Waals surface area contributed by atoms with Crippen molar-refractivity contribution in [2.75, 3.05) is 13.2 Å². The van der Waals surface area contributed by atoms with Gasteiger partial charge in [-0.15, -0.1) is 0 Å². The number of carboxylic acids is 1. The van der Waals surface area contributed by atoms with Crippen LogP contribution in [0.5, 0.6) is 0 Å². The van der Waals surface area contributed by atoms with E-state index in [2.05, 4.69) is 14.2 Å². The Morgan fingerprint density at radius 1 is 0.952 bits per heavy atom. The van der Waals surface area contributed by atoms with Crippen molar-refractivity contribution in [3.05, 3.63) is 0 Å². The third-order valence-electron chi connectivity index (χ3n) is 2.11. The van der Waals surface area contributed by atoms with Gasteiger partial charge in [-0.3, -0.25) is 9.59 Å². The highest BCUT2D eigenvalue weighted by molar-refractivity contribution is 5.86. The van der Waals surface area contributed by atoms with E-state index in [1.54, 1.807) is 6.92 Å². The van der Waals surface area contributed by atoms with Gasteiger partial charge in [0, 0.05) is 0 Å². The molecule has 9 nitrogen and oxygen atoms in total. The zero-order valence-electron chi connectivity index (χ0n) is 11.7. The van der Waals surface area contributed by atoms with Gasteiger partial charge >= 0.3 is 23.9 Å². The van der Waals surface area contributed by atoms with Crippen molar-refractivity contribution in [2.24, 2.45) is 0 Å². The van der Waals surface area contributed by atoms with E-state index >= 15 is 0 Å². The standard InChI is InChI=1S/C12H18O9/c1-3-19-10(16)6-8(12(18)20-4-2)21-11(17)7(13)5-9(14)15/h7-8,13H,3-6H2,1-2H3,(H,14,15). The molecule has 21 heavy (non-hydrogen) atoms. The van der Waals surface area contributed by atoms with Crippen LogP contribution in [0, 0.1) is 0 Å². The second-order valence-corrected chi connectivity index (χ2v) is 3.80. The summed E-state index contributed by atoms with van der Waals surface area (Å²) in [7, 11) is 0. The first-order valence-electron chi connectivity index (χ1n) is 6.24. The van der Waals surface area contributed by atoms with E-state index in [9.17, 15) is 24.3 Å². The van der Waals surface area contributed by atoms with Crippen molar-refractivity contribution >= 4 is 23.9 Å². The third-order valence-corrected chi connectivity index (χ3v) is 2.11. The summed E-state index contributed by atoms with van der Waals surface area (Å²) < 4.78 is 13.9. The predicted molar refractivity (Wildman–Crippen MR) is 66.0 cm³/mol. The lowest BCUT2D eigenvalue weighted by molar-refractivity contribution is -0.177. The summed E-state index contributed by atoms with van der Waals surface area (Å²) in [6.07, 6.45) is -5.01. The minimum atomic E-state index is -1.94. The number of esters is 3. The number of carbonyl (C=O) groups is 4. The van der Waals surface area contributed by atoms with Gasteiger partial charge in [-0.25, -0.2) is 9.59 Å². The molecule has 0 fully saturated rings. The van der Waals surface area contributed by atoms with Crippen LogP contribution >= 0.6 is 0 Å².